The summed E-state index contributed by atoms with van der Waals surface area (Å²) in [6.07, 6.45) is 0. The first kappa shape index (κ1) is 22.8. The molecule has 0 bridgehead atoms. The van der Waals surface area contributed by atoms with E-state index in [-0.39, 0.29) is 23.6 Å². The average Bonchev–Trinajstić information content (AvgIpc) is 3.10. The van der Waals surface area contributed by atoms with Crippen molar-refractivity contribution in [2.24, 2.45) is 0 Å². The first-order valence-electron chi connectivity index (χ1n) is 9.96. The Morgan fingerprint density at radius 1 is 1.06 bits per heavy atom. The number of rotatable bonds is 7. The van der Waals surface area contributed by atoms with E-state index in [9.17, 15) is 18.0 Å². The summed E-state index contributed by atoms with van der Waals surface area (Å²) in [5.41, 5.74) is 2.54. The molecule has 0 saturated carbocycles. The first-order chi connectivity index (χ1) is 15.7. The Morgan fingerprint density at radius 2 is 1.82 bits per heavy atom. The highest BCUT2D eigenvalue weighted by atomic mass is 35.5. The zero-order valence-corrected chi connectivity index (χ0v) is 19.1. The van der Waals surface area contributed by atoms with E-state index in [1.807, 2.05) is 25.1 Å². The summed E-state index contributed by atoms with van der Waals surface area (Å²) in [7, 11) is -3.84. The van der Waals surface area contributed by atoms with Crippen molar-refractivity contribution in [1.29, 1.82) is 0 Å². The highest BCUT2D eigenvalue weighted by molar-refractivity contribution is 7.89. The molecule has 1 amide bonds. The summed E-state index contributed by atoms with van der Waals surface area (Å²) in [4.78, 5) is 24.7. The number of benzene rings is 3. The second-order valence-electron chi connectivity index (χ2n) is 7.41. The number of nitrogens with one attached hydrogen (secondary N) is 2. The van der Waals surface area contributed by atoms with Gasteiger partial charge < -0.3 is 9.73 Å². The number of hydrogen-bond donors (Lipinski definition) is 2. The van der Waals surface area contributed by atoms with Crippen molar-refractivity contribution in [1.82, 2.24) is 9.29 Å². The van der Waals surface area contributed by atoms with Crippen LogP contribution in [-0.2, 0) is 27.9 Å². The molecule has 8 nitrogen and oxygen atoms in total. The van der Waals surface area contributed by atoms with Gasteiger partial charge in [-0.2, -0.15) is 0 Å². The zero-order valence-electron chi connectivity index (χ0n) is 17.5. The number of aromatic nitrogens is 1. The van der Waals surface area contributed by atoms with Crippen LogP contribution in [0.4, 0.5) is 5.69 Å². The van der Waals surface area contributed by atoms with Crippen LogP contribution in [0.15, 0.2) is 80.8 Å². The van der Waals surface area contributed by atoms with Crippen LogP contribution in [0, 0.1) is 6.92 Å². The molecule has 0 aliphatic rings. The van der Waals surface area contributed by atoms with Gasteiger partial charge >= 0.3 is 5.76 Å². The molecule has 33 heavy (non-hydrogen) atoms. The Morgan fingerprint density at radius 3 is 2.55 bits per heavy atom. The molecule has 1 heterocycles. The lowest BCUT2D eigenvalue weighted by Gasteiger charge is -2.08. The summed E-state index contributed by atoms with van der Waals surface area (Å²) < 4.78 is 34.2. The Labute approximate surface area is 194 Å². The largest absolute Gasteiger partial charge is 0.420 e. The Hall–Kier alpha value is -3.40. The van der Waals surface area contributed by atoms with Crippen LogP contribution in [0.1, 0.15) is 11.1 Å². The number of oxazole rings is 1. The molecule has 4 rings (SSSR count). The number of fused-ring (bicyclic) bond motifs is 1. The smallest absolute Gasteiger partial charge is 0.408 e. The van der Waals surface area contributed by atoms with E-state index in [4.69, 9.17) is 16.0 Å². The third-order valence-corrected chi connectivity index (χ3v) is 6.82. The predicted octanol–water partition coefficient (Wildman–Crippen LogP) is 3.67. The minimum absolute atomic E-state index is 0.0504. The Bertz CT molecular complexity index is 1490. The minimum atomic E-state index is -3.84. The maximum absolute atomic E-state index is 12.7. The van der Waals surface area contributed by atoms with E-state index in [0.29, 0.717) is 16.2 Å². The predicted molar refractivity (Wildman–Crippen MR) is 126 cm³/mol. The molecule has 170 valence electrons. The Balaban J connectivity index is 1.52. The second kappa shape index (κ2) is 9.22. The number of sulfonamides is 1. The molecule has 0 saturated heterocycles. The van der Waals surface area contributed by atoms with Crippen molar-refractivity contribution in [3.8, 4) is 0 Å². The standard InChI is InChI=1S/C23H20ClN3O5S/c1-15-7-8-17(11-19(15)24)26-22(28)14-27-20-10-9-18(12-21(20)32-23(27)29)33(30,31)25-13-16-5-3-2-4-6-16/h2-12,25H,13-14H2,1H3,(H,26,28). The number of nitrogens with zero attached hydrogens (tertiary/aromatic N) is 1. The van der Waals surface area contributed by atoms with Gasteiger partial charge in [-0.15, -0.1) is 0 Å². The van der Waals surface area contributed by atoms with Crippen LogP contribution >= 0.6 is 11.6 Å². The lowest BCUT2D eigenvalue weighted by Crippen LogP contribution is -2.25. The maximum Gasteiger partial charge on any atom is 0.420 e. The van der Waals surface area contributed by atoms with Gasteiger partial charge in [0.25, 0.3) is 0 Å². The van der Waals surface area contributed by atoms with Gasteiger partial charge in [0.2, 0.25) is 15.9 Å². The molecule has 0 radical (unpaired) electrons. The fourth-order valence-electron chi connectivity index (χ4n) is 3.24. The average molecular weight is 486 g/mol. The number of hydrogen-bond acceptors (Lipinski definition) is 5. The summed E-state index contributed by atoms with van der Waals surface area (Å²) in [6.45, 7) is 1.65. The van der Waals surface area contributed by atoms with Crippen LogP contribution in [-0.4, -0.2) is 18.9 Å². The van der Waals surface area contributed by atoms with Crippen LogP contribution in [0.5, 0.6) is 0 Å². The van der Waals surface area contributed by atoms with Gasteiger partial charge in [-0.3, -0.25) is 9.36 Å². The van der Waals surface area contributed by atoms with Crippen molar-refractivity contribution in [3.05, 3.63) is 93.4 Å². The minimum Gasteiger partial charge on any atom is -0.408 e. The van der Waals surface area contributed by atoms with Gasteiger partial charge in [-0.1, -0.05) is 48.0 Å². The molecule has 0 atom stereocenters. The first-order valence-corrected chi connectivity index (χ1v) is 11.8. The topological polar surface area (TPSA) is 110 Å². The van der Waals surface area contributed by atoms with Crippen LogP contribution < -0.4 is 15.8 Å². The Kier molecular flexibility index (Phi) is 6.37. The van der Waals surface area contributed by atoms with Gasteiger partial charge in [0.15, 0.2) is 5.58 Å². The molecule has 0 fully saturated rings. The summed E-state index contributed by atoms with van der Waals surface area (Å²) in [5, 5.41) is 3.19. The molecule has 2 N–H and O–H groups in total. The van der Waals surface area contributed by atoms with Crippen LogP contribution in [0.3, 0.4) is 0 Å². The van der Waals surface area contributed by atoms with E-state index in [0.717, 1.165) is 15.7 Å². The van der Waals surface area contributed by atoms with Gasteiger partial charge in [0.05, 0.1) is 10.4 Å². The molecule has 10 heteroatoms. The molecular weight excluding hydrogens is 466 g/mol. The highest BCUT2D eigenvalue weighted by Crippen LogP contribution is 2.21. The lowest BCUT2D eigenvalue weighted by atomic mass is 10.2. The fourth-order valence-corrected chi connectivity index (χ4v) is 4.45. The summed E-state index contributed by atoms with van der Waals surface area (Å²) in [6, 6.07) is 18.2. The quantitative estimate of drug-likeness (QED) is 0.415. The fraction of sp³-hybridized carbons (Fsp3) is 0.130. The van der Waals surface area contributed by atoms with Crippen molar-refractivity contribution in [2.75, 3.05) is 5.32 Å². The van der Waals surface area contributed by atoms with Crippen molar-refractivity contribution in [3.63, 3.8) is 0 Å². The SMILES string of the molecule is Cc1ccc(NC(=O)Cn2c(=O)oc3cc(S(=O)(=O)NCc4ccccc4)ccc32)cc1Cl. The van der Waals surface area contributed by atoms with Gasteiger partial charge in [0.1, 0.15) is 6.54 Å². The second-order valence-corrected chi connectivity index (χ2v) is 9.58. The molecule has 0 aliphatic heterocycles. The zero-order chi connectivity index (χ0) is 23.6. The van der Waals surface area contributed by atoms with E-state index in [1.165, 1.54) is 18.2 Å². The third kappa shape index (κ3) is 5.16. The highest BCUT2D eigenvalue weighted by Gasteiger charge is 2.19. The molecule has 0 spiro atoms. The van der Waals surface area contributed by atoms with Gasteiger partial charge in [-0.05, 0) is 42.3 Å². The van der Waals surface area contributed by atoms with Crippen molar-refractivity contribution in [2.45, 2.75) is 24.9 Å². The summed E-state index contributed by atoms with van der Waals surface area (Å²) >= 11 is 6.08. The summed E-state index contributed by atoms with van der Waals surface area (Å²) in [5.74, 6) is -1.23. The van der Waals surface area contributed by atoms with Crippen LogP contribution in [0.25, 0.3) is 11.1 Å². The van der Waals surface area contributed by atoms with Gasteiger partial charge in [-0.25, -0.2) is 17.9 Å². The number of anilines is 1. The van der Waals surface area contributed by atoms with E-state index in [1.54, 1.807) is 30.3 Å². The third-order valence-electron chi connectivity index (χ3n) is 5.02. The number of amides is 1. The number of halogens is 1. The molecule has 0 aliphatic carbocycles. The number of aryl methyl sites for hydroxylation is 1. The van der Waals surface area contributed by atoms with Crippen molar-refractivity contribution >= 4 is 44.3 Å². The number of carbonyl (C=O) groups excluding carboxylic acids is 1. The lowest BCUT2D eigenvalue weighted by molar-refractivity contribution is -0.116. The monoisotopic (exact) mass is 485 g/mol. The van der Waals surface area contributed by atoms with Gasteiger partial charge in [0, 0.05) is 23.3 Å². The molecule has 3 aromatic carbocycles. The molecule has 1 aromatic heterocycles. The molecule has 0 unspecified atom stereocenters. The van der Waals surface area contributed by atoms with E-state index < -0.39 is 21.7 Å². The van der Waals surface area contributed by atoms with Crippen molar-refractivity contribution < 1.29 is 17.6 Å². The molecular formula is C23H20ClN3O5S. The maximum atomic E-state index is 12.7. The van der Waals surface area contributed by atoms with Crippen LogP contribution in [0.2, 0.25) is 5.02 Å². The van der Waals surface area contributed by atoms with E-state index >= 15 is 0 Å². The normalized spacial score (nSPS) is 11.6. The molecule has 4 aromatic rings. The van der Waals surface area contributed by atoms with E-state index in [2.05, 4.69) is 10.0 Å². The number of carbonyl (C=O) groups is 1.